The summed E-state index contributed by atoms with van der Waals surface area (Å²) in [6.45, 7) is 3.63. The van der Waals surface area contributed by atoms with Crippen LogP contribution in [0.5, 0.6) is 5.75 Å². The number of thiophene rings is 1. The first-order chi connectivity index (χ1) is 10.4. The zero-order chi connectivity index (χ0) is 15.9. The van der Waals surface area contributed by atoms with Crippen molar-refractivity contribution in [3.63, 3.8) is 0 Å². The predicted octanol–water partition coefficient (Wildman–Crippen LogP) is 2.53. The Hall–Kier alpha value is -2.12. The molecule has 0 aromatic carbocycles. The molecule has 0 saturated heterocycles. The van der Waals surface area contributed by atoms with Gasteiger partial charge in [0, 0.05) is 0 Å². The van der Waals surface area contributed by atoms with Crippen LogP contribution >= 0.6 is 11.3 Å². The van der Waals surface area contributed by atoms with Gasteiger partial charge in [0.05, 0.1) is 10.9 Å². The summed E-state index contributed by atoms with van der Waals surface area (Å²) >= 11 is 1.48. The van der Waals surface area contributed by atoms with E-state index in [1.54, 1.807) is 12.1 Å². The number of nitrogens with zero attached hydrogens (tertiary/aromatic N) is 1. The molecule has 2 aromatic rings. The van der Waals surface area contributed by atoms with E-state index in [1.807, 2.05) is 25.3 Å². The summed E-state index contributed by atoms with van der Waals surface area (Å²) in [6.07, 6.45) is -0.797. The van der Waals surface area contributed by atoms with Crippen molar-refractivity contribution in [1.29, 1.82) is 0 Å². The Kier molecular flexibility index (Phi) is 3.54. The predicted molar refractivity (Wildman–Crippen MR) is 82.6 cm³/mol. The van der Waals surface area contributed by atoms with Crippen molar-refractivity contribution in [2.75, 3.05) is 5.32 Å². The molecule has 6 nitrogen and oxygen atoms in total. The third kappa shape index (κ3) is 2.53. The van der Waals surface area contributed by atoms with E-state index in [0.717, 1.165) is 10.6 Å². The number of anilines is 1. The lowest BCUT2D eigenvalue weighted by molar-refractivity contribution is -0.0518. The summed E-state index contributed by atoms with van der Waals surface area (Å²) in [6, 6.07) is 6.17. The minimum Gasteiger partial charge on any atom is -0.484 e. The van der Waals surface area contributed by atoms with Crippen LogP contribution in [0.2, 0.25) is 0 Å². The Morgan fingerprint density at radius 3 is 2.91 bits per heavy atom. The minimum atomic E-state index is -1.09. The molecule has 0 bridgehead atoms. The summed E-state index contributed by atoms with van der Waals surface area (Å²) in [4.78, 5) is 15.9. The first-order valence-electron chi connectivity index (χ1n) is 6.80. The molecule has 3 rings (SSSR count). The van der Waals surface area contributed by atoms with Crippen molar-refractivity contribution in [3.05, 3.63) is 40.2 Å². The van der Waals surface area contributed by atoms with Crippen molar-refractivity contribution in [2.45, 2.75) is 31.6 Å². The van der Waals surface area contributed by atoms with Crippen LogP contribution in [-0.4, -0.2) is 32.9 Å². The van der Waals surface area contributed by atoms with E-state index < -0.39 is 23.7 Å². The van der Waals surface area contributed by atoms with Gasteiger partial charge in [0.25, 0.3) is 0 Å². The van der Waals surface area contributed by atoms with E-state index >= 15 is 0 Å². The highest BCUT2D eigenvalue weighted by atomic mass is 32.1. The minimum absolute atomic E-state index is 0.0442. The van der Waals surface area contributed by atoms with Crippen LogP contribution in [0.15, 0.2) is 29.6 Å². The summed E-state index contributed by atoms with van der Waals surface area (Å²) in [7, 11) is 0. The summed E-state index contributed by atoms with van der Waals surface area (Å²) < 4.78 is 5.81. The highest BCUT2D eigenvalue weighted by molar-refractivity contribution is 7.10. The molecule has 0 fully saturated rings. The average molecular weight is 320 g/mol. The Morgan fingerprint density at radius 1 is 1.41 bits per heavy atom. The SMILES string of the molecule is CC1(C)Oc2ccsc2[C@@H](Nc2cccc(C(=O)O)n2)[C@@H]1O. The van der Waals surface area contributed by atoms with Crippen molar-refractivity contribution >= 4 is 23.1 Å². The van der Waals surface area contributed by atoms with Gasteiger partial charge in [-0.1, -0.05) is 6.07 Å². The molecule has 0 radical (unpaired) electrons. The maximum atomic E-state index is 11.0. The van der Waals surface area contributed by atoms with E-state index in [1.165, 1.54) is 17.4 Å². The maximum Gasteiger partial charge on any atom is 0.354 e. The number of aromatic nitrogens is 1. The molecule has 1 aliphatic rings. The topological polar surface area (TPSA) is 91.7 Å². The van der Waals surface area contributed by atoms with E-state index in [2.05, 4.69) is 10.3 Å². The molecule has 22 heavy (non-hydrogen) atoms. The van der Waals surface area contributed by atoms with Gasteiger partial charge in [0.15, 0.2) is 5.69 Å². The molecule has 0 unspecified atom stereocenters. The largest absolute Gasteiger partial charge is 0.484 e. The normalized spacial score (nSPS) is 22.5. The third-order valence-corrected chi connectivity index (χ3v) is 4.59. The number of hydrogen-bond donors (Lipinski definition) is 3. The number of nitrogens with one attached hydrogen (secondary N) is 1. The van der Waals surface area contributed by atoms with E-state index in [-0.39, 0.29) is 5.69 Å². The Labute approximate surface area is 131 Å². The number of hydrogen-bond acceptors (Lipinski definition) is 6. The lowest BCUT2D eigenvalue weighted by Gasteiger charge is -2.41. The van der Waals surface area contributed by atoms with Gasteiger partial charge in [0.1, 0.15) is 23.3 Å². The highest BCUT2D eigenvalue weighted by Gasteiger charge is 2.43. The second kappa shape index (κ2) is 5.26. The number of aromatic carboxylic acids is 1. The summed E-state index contributed by atoms with van der Waals surface area (Å²) in [5.41, 5.74) is -0.798. The number of carboxylic acid groups (broad SMARTS) is 1. The first-order valence-corrected chi connectivity index (χ1v) is 7.68. The number of aliphatic hydroxyl groups is 1. The fraction of sp³-hybridized carbons (Fsp3) is 0.333. The zero-order valence-electron chi connectivity index (χ0n) is 12.1. The number of carboxylic acids is 1. The van der Waals surface area contributed by atoms with Crippen LogP contribution in [0.25, 0.3) is 0 Å². The van der Waals surface area contributed by atoms with Gasteiger partial charge < -0.3 is 20.3 Å². The number of fused-ring (bicyclic) bond motifs is 1. The van der Waals surface area contributed by atoms with Gasteiger partial charge in [-0.2, -0.15) is 0 Å². The molecule has 3 heterocycles. The number of rotatable bonds is 3. The summed E-state index contributed by atoms with van der Waals surface area (Å²) in [5, 5.41) is 24.6. The fourth-order valence-electron chi connectivity index (χ4n) is 2.45. The molecule has 1 aliphatic heterocycles. The van der Waals surface area contributed by atoms with Gasteiger partial charge in [-0.05, 0) is 37.4 Å². The molecular formula is C15H16N2O4S. The van der Waals surface area contributed by atoms with Gasteiger partial charge in [-0.3, -0.25) is 0 Å². The van der Waals surface area contributed by atoms with Crippen LogP contribution in [0, 0.1) is 0 Å². The Morgan fingerprint density at radius 2 is 2.18 bits per heavy atom. The van der Waals surface area contributed by atoms with E-state index in [9.17, 15) is 9.90 Å². The number of ether oxygens (including phenoxy) is 1. The monoisotopic (exact) mass is 320 g/mol. The number of carbonyl (C=O) groups is 1. The van der Waals surface area contributed by atoms with Crippen molar-refractivity contribution in [1.82, 2.24) is 4.98 Å². The fourth-order valence-corrected chi connectivity index (χ4v) is 3.35. The maximum absolute atomic E-state index is 11.0. The number of aliphatic hydroxyl groups excluding tert-OH is 1. The highest BCUT2D eigenvalue weighted by Crippen LogP contribution is 2.44. The van der Waals surface area contributed by atoms with Crippen molar-refractivity contribution in [3.8, 4) is 5.75 Å². The molecule has 3 N–H and O–H groups in total. The van der Waals surface area contributed by atoms with Crippen molar-refractivity contribution in [2.24, 2.45) is 0 Å². The molecule has 116 valence electrons. The van der Waals surface area contributed by atoms with Crippen LogP contribution in [0.1, 0.15) is 35.3 Å². The van der Waals surface area contributed by atoms with Gasteiger partial charge in [-0.25, -0.2) is 9.78 Å². The van der Waals surface area contributed by atoms with E-state index in [0.29, 0.717) is 5.82 Å². The van der Waals surface area contributed by atoms with Gasteiger partial charge in [-0.15, -0.1) is 11.3 Å². The second-order valence-corrected chi connectivity index (χ2v) is 6.58. The van der Waals surface area contributed by atoms with Crippen LogP contribution in [-0.2, 0) is 0 Å². The van der Waals surface area contributed by atoms with Crippen LogP contribution < -0.4 is 10.1 Å². The van der Waals surface area contributed by atoms with Crippen LogP contribution in [0.4, 0.5) is 5.82 Å². The zero-order valence-corrected chi connectivity index (χ0v) is 12.9. The van der Waals surface area contributed by atoms with Crippen molar-refractivity contribution < 1.29 is 19.7 Å². The standard InChI is InChI=1S/C15H16N2O4S/c1-15(2)13(18)11(12-9(21-15)6-7-22-12)17-10-5-3-4-8(16-10)14(19)20/h3-7,11,13,18H,1-2H3,(H,16,17)(H,19,20)/t11-,13+/m1/s1. The molecule has 0 saturated carbocycles. The van der Waals surface area contributed by atoms with Gasteiger partial charge >= 0.3 is 5.97 Å². The molecule has 0 aliphatic carbocycles. The molecular weight excluding hydrogens is 304 g/mol. The molecule has 7 heteroatoms. The quantitative estimate of drug-likeness (QED) is 0.805. The molecule has 0 spiro atoms. The molecule has 2 aromatic heterocycles. The Balaban J connectivity index is 1.94. The molecule has 0 amide bonds. The van der Waals surface area contributed by atoms with Gasteiger partial charge in [0.2, 0.25) is 0 Å². The van der Waals surface area contributed by atoms with Crippen LogP contribution in [0.3, 0.4) is 0 Å². The first kappa shape index (κ1) is 14.8. The lowest BCUT2D eigenvalue weighted by Crippen LogP contribution is -2.50. The summed E-state index contributed by atoms with van der Waals surface area (Å²) in [5.74, 6) is 0.0431. The van der Waals surface area contributed by atoms with E-state index in [4.69, 9.17) is 9.84 Å². The second-order valence-electron chi connectivity index (χ2n) is 5.63. The third-order valence-electron chi connectivity index (χ3n) is 3.61. The molecule has 2 atom stereocenters. The smallest absolute Gasteiger partial charge is 0.354 e. The Bertz CT molecular complexity index is 713. The number of pyridine rings is 1. The lowest BCUT2D eigenvalue weighted by atomic mass is 9.91. The average Bonchev–Trinajstić information content (AvgIpc) is 2.91.